The number of hydrogen-bond acceptors (Lipinski definition) is 4. The van der Waals surface area contributed by atoms with Crippen molar-refractivity contribution in [3.05, 3.63) is 54.1 Å². The van der Waals surface area contributed by atoms with E-state index < -0.39 is 0 Å². The average Bonchev–Trinajstić information content (AvgIpc) is 3.13. The molecule has 2 amide bonds. The minimum atomic E-state index is -0.152. The van der Waals surface area contributed by atoms with E-state index in [4.69, 9.17) is 4.98 Å². The van der Waals surface area contributed by atoms with Crippen molar-refractivity contribution < 1.29 is 9.59 Å². The number of carbonyl (C=O) groups excluding carboxylic acids is 2. The highest BCUT2D eigenvalue weighted by molar-refractivity contribution is 7.99. The number of unbranched alkanes of at least 4 members (excludes halogenated alkanes) is 3. The first-order valence-corrected chi connectivity index (χ1v) is 11.3. The van der Waals surface area contributed by atoms with E-state index in [1.54, 1.807) is 31.3 Å². The van der Waals surface area contributed by atoms with Gasteiger partial charge in [0.15, 0.2) is 5.16 Å². The molecule has 0 spiro atoms. The second kappa shape index (κ2) is 10.8. The lowest BCUT2D eigenvalue weighted by Crippen LogP contribution is -2.18. The van der Waals surface area contributed by atoms with Crippen molar-refractivity contribution in [1.82, 2.24) is 14.9 Å². The molecule has 0 unspecified atom stereocenters. The van der Waals surface area contributed by atoms with Gasteiger partial charge in [0.2, 0.25) is 5.91 Å². The molecule has 7 heteroatoms. The van der Waals surface area contributed by atoms with E-state index in [1.165, 1.54) is 31.0 Å². The molecule has 0 bridgehead atoms. The monoisotopic (exact) mass is 424 g/mol. The van der Waals surface area contributed by atoms with Gasteiger partial charge in [0.1, 0.15) is 0 Å². The zero-order chi connectivity index (χ0) is 21.3. The van der Waals surface area contributed by atoms with Crippen molar-refractivity contribution in [2.24, 2.45) is 0 Å². The predicted molar refractivity (Wildman–Crippen MR) is 123 cm³/mol. The van der Waals surface area contributed by atoms with Gasteiger partial charge in [-0.2, -0.15) is 0 Å². The molecule has 3 aromatic rings. The first-order chi connectivity index (χ1) is 14.6. The summed E-state index contributed by atoms with van der Waals surface area (Å²) in [4.78, 5) is 28.8. The number of nitrogens with one attached hydrogen (secondary N) is 2. The molecule has 0 aliphatic heterocycles. The summed E-state index contributed by atoms with van der Waals surface area (Å²) in [6.45, 7) is 3.12. The maximum Gasteiger partial charge on any atom is 0.251 e. The number of thioether (sulfide) groups is 1. The summed E-state index contributed by atoms with van der Waals surface area (Å²) in [6, 6.07) is 15.0. The Morgan fingerprint density at radius 1 is 1.03 bits per heavy atom. The predicted octanol–water partition coefficient (Wildman–Crippen LogP) is 4.71. The summed E-state index contributed by atoms with van der Waals surface area (Å²) < 4.78 is 2.22. The van der Waals surface area contributed by atoms with E-state index in [0.29, 0.717) is 11.3 Å². The standard InChI is InChI=1S/C23H28N4O2S/c1-3-4-5-8-15-27-20-10-7-6-9-19(20)26-23(27)30-16-21(28)25-18-13-11-17(12-14-18)22(29)24-2/h6-7,9-14H,3-5,8,15-16H2,1-2H3,(H,24,29)(H,25,28). The van der Waals surface area contributed by atoms with E-state index in [9.17, 15) is 9.59 Å². The molecule has 3 rings (SSSR count). The van der Waals surface area contributed by atoms with Gasteiger partial charge in [0.25, 0.3) is 5.91 Å². The molecule has 0 saturated carbocycles. The number of fused-ring (bicyclic) bond motifs is 1. The fraction of sp³-hybridized carbons (Fsp3) is 0.348. The Hall–Kier alpha value is -2.80. The maximum atomic E-state index is 12.4. The number of aryl methyl sites for hydroxylation is 1. The van der Waals surface area contributed by atoms with E-state index in [2.05, 4.69) is 28.2 Å². The third-order valence-corrected chi connectivity index (χ3v) is 5.82. The van der Waals surface area contributed by atoms with Crippen LogP contribution in [-0.4, -0.2) is 34.2 Å². The molecule has 158 valence electrons. The van der Waals surface area contributed by atoms with Crippen molar-refractivity contribution in [2.75, 3.05) is 18.1 Å². The minimum absolute atomic E-state index is 0.0997. The zero-order valence-corrected chi connectivity index (χ0v) is 18.3. The van der Waals surface area contributed by atoms with Gasteiger partial charge in [-0.3, -0.25) is 9.59 Å². The molecule has 0 atom stereocenters. The second-order valence-electron chi connectivity index (χ2n) is 7.09. The van der Waals surface area contributed by atoms with Gasteiger partial charge in [-0.25, -0.2) is 4.98 Å². The number of imidazole rings is 1. The Labute approximate surface area is 181 Å². The lowest BCUT2D eigenvalue weighted by Gasteiger charge is -2.09. The van der Waals surface area contributed by atoms with Crippen LogP contribution in [0.3, 0.4) is 0 Å². The molecular formula is C23H28N4O2S. The molecule has 6 nitrogen and oxygen atoms in total. The van der Waals surface area contributed by atoms with Gasteiger partial charge in [-0.05, 0) is 42.8 Å². The average molecular weight is 425 g/mol. The third kappa shape index (κ3) is 5.63. The van der Waals surface area contributed by atoms with Gasteiger partial charge < -0.3 is 15.2 Å². The van der Waals surface area contributed by atoms with Gasteiger partial charge in [-0.15, -0.1) is 0 Å². The minimum Gasteiger partial charge on any atom is -0.355 e. The topological polar surface area (TPSA) is 76.0 Å². The zero-order valence-electron chi connectivity index (χ0n) is 17.5. The number of carbonyl (C=O) groups is 2. The first kappa shape index (κ1) is 21.9. The highest BCUT2D eigenvalue weighted by Gasteiger charge is 2.13. The van der Waals surface area contributed by atoms with Crippen LogP contribution < -0.4 is 10.6 Å². The van der Waals surface area contributed by atoms with Crippen LogP contribution in [0.4, 0.5) is 5.69 Å². The van der Waals surface area contributed by atoms with Crippen molar-refractivity contribution in [1.29, 1.82) is 0 Å². The van der Waals surface area contributed by atoms with E-state index >= 15 is 0 Å². The van der Waals surface area contributed by atoms with Crippen molar-refractivity contribution in [2.45, 2.75) is 44.3 Å². The lowest BCUT2D eigenvalue weighted by atomic mass is 10.2. The summed E-state index contributed by atoms with van der Waals surface area (Å²) in [5.41, 5.74) is 3.30. The quantitative estimate of drug-likeness (QED) is 0.365. The molecular weight excluding hydrogens is 396 g/mol. The van der Waals surface area contributed by atoms with Crippen LogP contribution >= 0.6 is 11.8 Å². The molecule has 0 aliphatic carbocycles. The van der Waals surface area contributed by atoms with Crippen LogP contribution in [0.25, 0.3) is 11.0 Å². The van der Waals surface area contributed by atoms with Crippen LogP contribution in [0.1, 0.15) is 43.0 Å². The Morgan fingerprint density at radius 3 is 2.53 bits per heavy atom. The fourth-order valence-corrected chi connectivity index (χ4v) is 4.09. The number of anilines is 1. The Morgan fingerprint density at radius 2 is 1.80 bits per heavy atom. The normalized spacial score (nSPS) is 10.9. The van der Waals surface area contributed by atoms with Crippen LogP contribution in [0.5, 0.6) is 0 Å². The molecule has 0 fully saturated rings. The number of rotatable bonds is 10. The number of benzene rings is 2. The summed E-state index contributed by atoms with van der Waals surface area (Å²) in [6.07, 6.45) is 4.73. The lowest BCUT2D eigenvalue weighted by molar-refractivity contribution is -0.113. The summed E-state index contributed by atoms with van der Waals surface area (Å²) in [7, 11) is 1.59. The Balaban J connectivity index is 1.63. The van der Waals surface area contributed by atoms with E-state index in [0.717, 1.165) is 29.2 Å². The number of para-hydroxylation sites is 2. The van der Waals surface area contributed by atoms with Crippen molar-refractivity contribution in [3.8, 4) is 0 Å². The van der Waals surface area contributed by atoms with Gasteiger partial charge in [-0.1, -0.05) is 50.1 Å². The fourth-order valence-electron chi connectivity index (χ4n) is 3.25. The SMILES string of the molecule is CCCCCCn1c(SCC(=O)Nc2ccc(C(=O)NC)cc2)nc2ccccc21. The van der Waals surface area contributed by atoms with Crippen LogP contribution in [0.2, 0.25) is 0 Å². The van der Waals surface area contributed by atoms with Gasteiger partial charge >= 0.3 is 0 Å². The highest BCUT2D eigenvalue weighted by Crippen LogP contribution is 2.25. The number of amides is 2. The highest BCUT2D eigenvalue weighted by atomic mass is 32.2. The molecule has 1 aromatic heterocycles. The van der Waals surface area contributed by atoms with Crippen LogP contribution in [0, 0.1) is 0 Å². The molecule has 1 heterocycles. The molecule has 0 radical (unpaired) electrons. The van der Waals surface area contributed by atoms with Crippen LogP contribution in [-0.2, 0) is 11.3 Å². The smallest absolute Gasteiger partial charge is 0.251 e. The number of hydrogen-bond donors (Lipinski definition) is 2. The molecule has 2 N–H and O–H groups in total. The molecule has 0 aliphatic rings. The second-order valence-corrected chi connectivity index (χ2v) is 8.03. The van der Waals surface area contributed by atoms with Crippen molar-refractivity contribution in [3.63, 3.8) is 0 Å². The third-order valence-electron chi connectivity index (χ3n) is 4.85. The van der Waals surface area contributed by atoms with Crippen LogP contribution in [0.15, 0.2) is 53.7 Å². The molecule has 0 saturated heterocycles. The van der Waals surface area contributed by atoms with E-state index in [-0.39, 0.29) is 17.6 Å². The summed E-state index contributed by atoms with van der Waals surface area (Å²) in [5, 5.41) is 6.33. The number of aromatic nitrogens is 2. The van der Waals surface area contributed by atoms with E-state index in [1.807, 2.05) is 18.2 Å². The largest absolute Gasteiger partial charge is 0.355 e. The Bertz CT molecular complexity index is 998. The summed E-state index contributed by atoms with van der Waals surface area (Å²) in [5.74, 6) is 0.0220. The molecule has 2 aromatic carbocycles. The maximum absolute atomic E-state index is 12.4. The summed E-state index contributed by atoms with van der Waals surface area (Å²) >= 11 is 1.45. The molecule has 30 heavy (non-hydrogen) atoms. The Kier molecular flexibility index (Phi) is 7.90. The van der Waals surface area contributed by atoms with Crippen molar-refractivity contribution >= 4 is 40.3 Å². The van der Waals surface area contributed by atoms with Gasteiger partial charge in [0, 0.05) is 24.8 Å². The van der Waals surface area contributed by atoms with Gasteiger partial charge in [0.05, 0.1) is 16.8 Å². The first-order valence-electron chi connectivity index (χ1n) is 10.3. The number of nitrogens with zero attached hydrogens (tertiary/aromatic N) is 2.